The summed E-state index contributed by atoms with van der Waals surface area (Å²) in [4.78, 5) is 169. The van der Waals surface area contributed by atoms with E-state index in [1.54, 1.807) is 18.2 Å². The van der Waals surface area contributed by atoms with Crippen LogP contribution in [0.5, 0.6) is 0 Å². The van der Waals surface area contributed by atoms with E-state index >= 15 is 13.2 Å². The van der Waals surface area contributed by atoms with Crippen molar-refractivity contribution in [3.8, 4) is 0 Å². The molecule has 0 amide bonds. The highest BCUT2D eigenvalue weighted by Gasteiger charge is 2.59. The number of H-pyrrole nitrogens is 3. The van der Waals surface area contributed by atoms with Crippen LogP contribution in [-0.2, 0) is 154 Å². The first-order chi connectivity index (χ1) is 67.1. The molecular formula is C63H69F3N36O27P6S6. The standard InChI is InChI=1S/3C21H23FN12O9P2S2/c3*22-10-8-3-38-45(37,47)43-15-12(31-32-25)9(41-20(15)33-5-27-11-7(23)1-2-26-16(11)33)4-39-44(36,46)42-14(10)19(40-8)34-6-28-13-17(34)29-21(24)30-18(13)35/h3*1-2,5-6,8-10,12,14-15,19-20H,3-4H2,(H2,23,26)(H,36,46)(H,37,47)(H3,24,29,30,35)/t3*8-,9-,10-,12-,14-,15-,19-,20-,44?,45?/m111/s1. The molecule has 21 N–H and O–H groups in total. The van der Waals surface area contributed by atoms with Crippen molar-refractivity contribution in [2.45, 2.75) is 147 Å². The van der Waals surface area contributed by atoms with Crippen LogP contribution in [0.15, 0.2) is 104 Å². The number of aromatic nitrogens is 21. The van der Waals surface area contributed by atoms with Gasteiger partial charge in [0.1, 0.15) is 71.5 Å². The Balaban J connectivity index is 0.000000134. The number of hydrogen-bond donors (Lipinski definition) is 15. The fourth-order valence-corrected chi connectivity index (χ4v) is 25.0. The van der Waals surface area contributed by atoms with Gasteiger partial charge in [-0.25, -0.2) is 58.0 Å². The van der Waals surface area contributed by atoms with Gasteiger partial charge in [-0.2, -0.15) is 15.0 Å². The highest BCUT2D eigenvalue weighted by molar-refractivity contribution is 8.08. The number of aromatic amines is 3. The molecule has 12 aromatic heterocycles. The zero-order chi connectivity index (χ0) is 99.7. The van der Waals surface area contributed by atoms with Crippen molar-refractivity contribution in [3.05, 3.63) is 137 Å². The summed E-state index contributed by atoms with van der Waals surface area (Å²) in [6.07, 6.45) is -19.6. The molecular weight excluding hydrogens is 2130 g/mol. The Bertz CT molecular complexity index is 6930. The maximum absolute atomic E-state index is 16.0. The number of ether oxygens (including phenoxy) is 6. The summed E-state index contributed by atoms with van der Waals surface area (Å²) in [7, 11) is 0. The van der Waals surface area contributed by atoms with E-state index < -0.39 is 244 Å². The van der Waals surface area contributed by atoms with E-state index in [1.165, 1.54) is 65.0 Å². The number of alkyl halides is 3. The van der Waals surface area contributed by atoms with Gasteiger partial charge in [-0.1, -0.05) is 15.3 Å². The van der Waals surface area contributed by atoms with Crippen molar-refractivity contribution in [3.63, 3.8) is 0 Å². The molecule has 9 aliphatic heterocycles. The van der Waals surface area contributed by atoms with Crippen LogP contribution in [0.4, 0.5) is 48.1 Å². The monoisotopic (exact) mass is 2200 g/mol. The molecule has 78 heteroatoms. The lowest BCUT2D eigenvalue weighted by Gasteiger charge is -2.28. The first-order valence-electron chi connectivity index (χ1n) is 40.4. The number of imidazole rings is 6. The third-order valence-electron chi connectivity index (χ3n) is 22.7. The fourth-order valence-electron chi connectivity index (χ4n) is 16.6. The summed E-state index contributed by atoms with van der Waals surface area (Å²) in [5, 5.41) is 11.4. The third kappa shape index (κ3) is 19.8. The molecule has 21 heterocycles. The summed E-state index contributed by atoms with van der Waals surface area (Å²) >= 11 is 31.5. The summed E-state index contributed by atoms with van der Waals surface area (Å²) in [6.45, 7) is -29.6. The van der Waals surface area contributed by atoms with E-state index in [0.717, 1.165) is 19.0 Å². The fraction of sp³-hybridized carbons (Fsp3) is 0.476. The maximum Gasteiger partial charge on any atom is 0.325 e. The predicted octanol–water partition coefficient (Wildman–Crippen LogP) is 2.37. The number of nitrogen functional groups attached to an aromatic ring is 6. The van der Waals surface area contributed by atoms with Crippen LogP contribution in [0.1, 0.15) is 37.4 Å². The highest BCUT2D eigenvalue weighted by atomic mass is 32.5. The molecule has 9 saturated heterocycles. The molecule has 0 spiro atoms. The third-order valence-corrected chi connectivity index (χ3v) is 32.1. The second-order valence-corrected chi connectivity index (χ2v) is 48.1. The minimum Gasteiger partial charge on any atom is -0.397 e. The first-order valence-corrected chi connectivity index (χ1v) is 55.9. The van der Waals surface area contributed by atoms with Crippen LogP contribution in [0, 0.1) is 0 Å². The average Bonchev–Trinajstić information content (AvgIpc) is 1.61. The number of hydrogen-bond acceptors (Lipinski definition) is 48. The molecule has 12 bridgehead atoms. The van der Waals surface area contributed by atoms with E-state index in [9.17, 15) is 60.3 Å². The molecule has 9 fully saturated rings. The number of rotatable bonds is 9. The van der Waals surface area contributed by atoms with Gasteiger partial charge in [-0.05, 0) is 106 Å². The van der Waals surface area contributed by atoms with Crippen molar-refractivity contribution in [2.75, 3.05) is 74.0 Å². The summed E-state index contributed by atoms with van der Waals surface area (Å²) in [5.41, 5.74) is 63.4. The van der Waals surface area contributed by atoms with Crippen LogP contribution < -0.4 is 51.1 Å². The number of nitrogens with one attached hydrogen (secondary N) is 3. The summed E-state index contributed by atoms with van der Waals surface area (Å²) in [6, 6.07) is 0.875. The van der Waals surface area contributed by atoms with Crippen LogP contribution in [0.2, 0.25) is 0 Å². The zero-order valence-electron chi connectivity index (χ0n) is 70.1. The number of halogens is 3. The van der Waals surface area contributed by atoms with Crippen LogP contribution in [-0.4, -0.2) is 281 Å². The molecule has 30 atom stereocenters. The lowest BCUT2D eigenvalue weighted by Crippen LogP contribution is -2.35. The Morgan fingerprint density at radius 1 is 0.333 bits per heavy atom. The number of pyridine rings is 3. The normalized spacial score (nSPS) is 36.3. The molecule has 0 radical (unpaired) electrons. The van der Waals surface area contributed by atoms with Crippen molar-refractivity contribution < 1.29 is 125 Å². The largest absolute Gasteiger partial charge is 0.397 e. The quantitative estimate of drug-likeness (QED) is 0.0427. The van der Waals surface area contributed by atoms with Gasteiger partial charge in [0.15, 0.2) is 106 Å². The molecule has 141 heavy (non-hydrogen) atoms. The van der Waals surface area contributed by atoms with Crippen LogP contribution in [0.3, 0.4) is 0 Å². The van der Waals surface area contributed by atoms with E-state index in [-0.39, 0.29) is 68.3 Å². The second kappa shape index (κ2) is 39.1. The SMILES string of the molecule is [N-]=[N+]=N[C@H]1[C@H]2OP(O)(=S)OC[C@H]3O[C@@H](n4cnc5c(=O)[nH]c(N)nc54)[C@H](OP(O)(=S)OC[C@H]1O[C@H]2n1cnc2c(N)ccnc21)[C@@H]3F.[N-]=[N+]=N[C@H]1[C@H]2OP(O)(=S)OC[C@H]3O[C@@H](n4cnc5c(=O)[nH]c(N)nc54)[C@H](OP(O)(=S)OC[C@H]1O[C@H]2n1cnc2c(N)ccnc21)[C@@H]3F.[N-]=[N+]=N[C@H]1[C@H]2OP(O)(=S)OC[C@H]3O[C@@H](n4cnc5c(=O)[nH]c(N)nc54)[C@H](OP(O)(=S)OC[C@H]1O[C@H]2n1cnc2c(N)ccnc21)[C@@H]3F. The molecule has 0 saturated carbocycles. The Kier molecular flexibility index (Phi) is 27.7. The average molecular weight is 2200 g/mol. The van der Waals surface area contributed by atoms with Gasteiger partial charge in [-0.3, -0.25) is 70.3 Å². The zero-order valence-corrected chi connectivity index (χ0v) is 80.4. The van der Waals surface area contributed by atoms with E-state index in [2.05, 4.69) is 105 Å². The Hall–Kier alpha value is -9.63. The van der Waals surface area contributed by atoms with Crippen LogP contribution in [0.25, 0.3) is 98.3 Å². The van der Waals surface area contributed by atoms with Gasteiger partial charge in [0, 0.05) is 33.3 Å². The number of anilines is 6. The lowest BCUT2D eigenvalue weighted by molar-refractivity contribution is -0.0606. The molecule has 0 aliphatic carbocycles. The molecule has 750 valence electrons. The molecule has 21 rings (SSSR count). The molecule has 9 aliphatic rings. The van der Waals surface area contributed by atoms with Gasteiger partial charge >= 0.3 is 40.3 Å². The maximum atomic E-state index is 16.0. The molecule has 6 unspecified atom stereocenters. The number of nitrogens with zero attached hydrogens (tertiary/aromatic N) is 27. The van der Waals surface area contributed by atoms with Gasteiger partial charge in [0.25, 0.3) is 16.7 Å². The topological polar surface area (TPSA) is 873 Å². The van der Waals surface area contributed by atoms with E-state index in [1.807, 2.05) is 0 Å². The van der Waals surface area contributed by atoms with Gasteiger partial charge in [0.05, 0.1) is 131 Å². The summed E-state index contributed by atoms with van der Waals surface area (Å²) in [5.74, 6) is -0.766. The number of azide groups is 3. The first kappa shape index (κ1) is 100. The summed E-state index contributed by atoms with van der Waals surface area (Å²) < 4.78 is 160. The smallest absolute Gasteiger partial charge is 0.325 e. The Morgan fingerprint density at radius 3 is 0.780 bits per heavy atom. The Morgan fingerprint density at radius 2 is 0.539 bits per heavy atom. The molecule has 12 aromatic rings. The predicted molar refractivity (Wildman–Crippen MR) is 494 cm³/mol. The second-order valence-electron chi connectivity index (χ2n) is 31.3. The minimum atomic E-state index is -4.33. The van der Waals surface area contributed by atoms with Crippen molar-refractivity contribution in [1.82, 2.24) is 102 Å². The van der Waals surface area contributed by atoms with E-state index in [4.69, 9.17) is 188 Å². The minimum absolute atomic E-state index is 0.0865. The van der Waals surface area contributed by atoms with Crippen molar-refractivity contribution in [2.24, 2.45) is 15.3 Å². The van der Waals surface area contributed by atoms with Crippen molar-refractivity contribution >= 4 is 213 Å². The van der Waals surface area contributed by atoms with Gasteiger partial charge < -0.3 is 133 Å². The lowest BCUT2D eigenvalue weighted by atomic mass is 10.1. The van der Waals surface area contributed by atoms with Gasteiger partial charge in [-0.15, -0.1) is 0 Å². The van der Waals surface area contributed by atoms with E-state index in [0.29, 0.717) is 33.6 Å². The molecule has 0 aromatic carbocycles. The van der Waals surface area contributed by atoms with Crippen LogP contribution >= 0.6 is 40.3 Å². The van der Waals surface area contributed by atoms with Gasteiger partial charge in [0.2, 0.25) is 17.8 Å². The highest BCUT2D eigenvalue weighted by Crippen LogP contribution is 2.60. The molecule has 63 nitrogen and oxygen atoms in total. The van der Waals surface area contributed by atoms with Crippen molar-refractivity contribution in [1.29, 1.82) is 0 Å². The Labute approximate surface area is 809 Å². The number of nitrogens with two attached hydrogens (primary N) is 6. The number of fused-ring (bicyclic) bond motifs is 18.